The molecule has 0 aromatic heterocycles. The maximum absolute atomic E-state index is 9.53. The van der Waals surface area contributed by atoms with Gasteiger partial charge in [-0.05, 0) is 0 Å². The lowest BCUT2D eigenvalue weighted by molar-refractivity contribution is -0.802. The first-order chi connectivity index (χ1) is 4.13. The first kappa shape index (κ1) is 7.47. The van der Waals surface area contributed by atoms with E-state index in [4.69, 9.17) is 11.5 Å². The minimum absolute atomic E-state index is 0.211. The lowest BCUT2D eigenvalue weighted by Gasteiger charge is -1.87. The van der Waals surface area contributed by atoms with Crippen LogP contribution in [0.4, 0.5) is 0 Å². The summed E-state index contributed by atoms with van der Waals surface area (Å²) in [6.45, 7) is -0.669. The molecule has 0 amide bonds. The van der Waals surface area contributed by atoms with Crippen molar-refractivity contribution in [1.82, 2.24) is 0 Å². The van der Waals surface area contributed by atoms with Gasteiger partial charge in [0.05, 0.1) is 4.92 Å². The molecule has 0 rings (SSSR count). The second kappa shape index (κ2) is 3.47. The fourth-order valence-electron chi connectivity index (χ4n) is 0.168. The van der Waals surface area contributed by atoms with Crippen LogP contribution in [0.5, 0.6) is 0 Å². The fourth-order valence-corrected chi connectivity index (χ4v) is 0.168. The molecule has 0 spiro atoms. The molecular formula is C2H7N4O3+. The van der Waals surface area contributed by atoms with Crippen molar-refractivity contribution >= 4 is 5.96 Å². The van der Waals surface area contributed by atoms with Crippen molar-refractivity contribution in [2.45, 2.75) is 0 Å². The third-order valence-corrected chi connectivity index (χ3v) is 0.360. The summed E-state index contributed by atoms with van der Waals surface area (Å²) < 4.78 is 0. The highest BCUT2D eigenvalue weighted by atomic mass is 16.7. The van der Waals surface area contributed by atoms with Gasteiger partial charge in [-0.25, -0.2) is 0 Å². The van der Waals surface area contributed by atoms with Gasteiger partial charge in [0.25, 0.3) is 0 Å². The van der Waals surface area contributed by atoms with Crippen molar-refractivity contribution in [3.8, 4) is 0 Å². The number of hydrogen-bond donors (Lipinski definition) is 3. The van der Waals surface area contributed by atoms with E-state index in [0.29, 0.717) is 0 Å². The molecule has 9 heavy (non-hydrogen) atoms. The molecule has 5 N–H and O–H groups in total. The predicted octanol–water partition coefficient (Wildman–Crippen LogP) is -3.49. The second-order valence-corrected chi connectivity index (χ2v) is 1.16. The summed E-state index contributed by atoms with van der Waals surface area (Å²) in [5.41, 5.74) is 9.63. The zero-order valence-electron chi connectivity index (χ0n) is 4.53. The summed E-state index contributed by atoms with van der Waals surface area (Å²) >= 11 is 0. The standard InChI is InChI=1S/C2H6N4O3/c3-2(4)5-9-1-6(7)8/h1H2,(H4,3,4,5)/p+1. The summed E-state index contributed by atoms with van der Waals surface area (Å²) in [6, 6.07) is 0. The van der Waals surface area contributed by atoms with E-state index in [1.165, 1.54) is 0 Å². The van der Waals surface area contributed by atoms with E-state index in [1.54, 1.807) is 0 Å². The van der Waals surface area contributed by atoms with E-state index in [1.807, 2.05) is 5.16 Å². The van der Waals surface area contributed by atoms with Crippen molar-refractivity contribution in [2.24, 2.45) is 11.5 Å². The van der Waals surface area contributed by atoms with Crippen LogP contribution in [0.25, 0.3) is 0 Å². The molecule has 7 nitrogen and oxygen atoms in total. The fraction of sp³-hybridized carbons (Fsp3) is 0.500. The normalized spacial score (nSPS) is 8.00. The first-order valence-corrected chi connectivity index (χ1v) is 2.00. The van der Waals surface area contributed by atoms with Gasteiger partial charge in [-0.3, -0.25) is 26.4 Å². The average molecular weight is 135 g/mol. The Balaban J connectivity index is 3.31. The molecule has 0 saturated carbocycles. The Morgan fingerprint density at radius 2 is 2.33 bits per heavy atom. The number of guanidine groups is 1. The molecule has 0 fully saturated rings. The van der Waals surface area contributed by atoms with Gasteiger partial charge in [0.2, 0.25) is 0 Å². The first-order valence-electron chi connectivity index (χ1n) is 2.00. The van der Waals surface area contributed by atoms with Crippen LogP contribution in [0, 0.1) is 10.1 Å². The summed E-state index contributed by atoms with van der Waals surface area (Å²) in [5, 5.41) is 11.4. The molecule has 0 atom stereocenters. The number of nitro groups is 1. The van der Waals surface area contributed by atoms with Crippen LogP contribution < -0.4 is 16.6 Å². The summed E-state index contributed by atoms with van der Waals surface area (Å²) in [5.74, 6) is -0.211. The highest BCUT2D eigenvalue weighted by Crippen LogP contribution is 1.59. The maximum Gasteiger partial charge on any atom is 0.377 e. The van der Waals surface area contributed by atoms with Crippen LogP contribution in [-0.4, -0.2) is 17.6 Å². The highest BCUT2D eigenvalue weighted by molar-refractivity contribution is 5.68. The molecular weight excluding hydrogens is 128 g/mol. The highest BCUT2D eigenvalue weighted by Gasteiger charge is 1.93. The van der Waals surface area contributed by atoms with E-state index in [9.17, 15) is 10.1 Å². The topological polar surface area (TPSA) is 118 Å². The van der Waals surface area contributed by atoms with Gasteiger partial charge in [0.15, 0.2) is 0 Å². The number of rotatable bonds is 3. The average Bonchev–Trinajstić information content (AvgIpc) is 1.63. The van der Waals surface area contributed by atoms with Crippen LogP contribution in [0.3, 0.4) is 0 Å². The predicted molar refractivity (Wildman–Crippen MR) is 27.3 cm³/mol. The monoisotopic (exact) mass is 135 g/mol. The van der Waals surface area contributed by atoms with Gasteiger partial charge in [0, 0.05) is 0 Å². The Morgan fingerprint density at radius 1 is 1.78 bits per heavy atom. The van der Waals surface area contributed by atoms with Crippen LogP contribution in [0.15, 0.2) is 0 Å². The van der Waals surface area contributed by atoms with Gasteiger partial charge >= 0.3 is 12.7 Å². The molecule has 0 aliphatic heterocycles. The molecule has 0 aromatic rings. The van der Waals surface area contributed by atoms with Crippen LogP contribution >= 0.6 is 0 Å². The minimum atomic E-state index is -0.671. The van der Waals surface area contributed by atoms with E-state index < -0.39 is 11.7 Å². The van der Waals surface area contributed by atoms with Gasteiger partial charge < -0.3 is 0 Å². The van der Waals surface area contributed by atoms with E-state index in [-0.39, 0.29) is 5.96 Å². The molecule has 0 aliphatic carbocycles. The zero-order valence-corrected chi connectivity index (χ0v) is 4.53. The Bertz CT molecular complexity index is 128. The molecule has 52 valence electrons. The van der Waals surface area contributed by atoms with Crippen LogP contribution in [0.1, 0.15) is 0 Å². The molecule has 0 aliphatic rings. The third-order valence-electron chi connectivity index (χ3n) is 0.360. The quantitative estimate of drug-likeness (QED) is 0.122. The lowest BCUT2D eigenvalue weighted by atomic mass is 11.1. The summed E-state index contributed by atoms with van der Waals surface area (Å²) in [7, 11) is 0. The Labute approximate surface area is 50.4 Å². The Hall–Kier alpha value is -1.53. The van der Waals surface area contributed by atoms with Gasteiger partial charge in [-0.1, -0.05) is 5.16 Å². The van der Waals surface area contributed by atoms with E-state index >= 15 is 0 Å². The number of hydrogen-bond acceptors (Lipinski definition) is 3. The van der Waals surface area contributed by atoms with Gasteiger partial charge in [0.1, 0.15) is 0 Å². The molecule has 7 heteroatoms. The maximum atomic E-state index is 9.53. The van der Waals surface area contributed by atoms with Crippen molar-refractivity contribution in [3.63, 3.8) is 0 Å². The van der Waals surface area contributed by atoms with Crippen molar-refractivity contribution < 1.29 is 14.9 Å². The van der Waals surface area contributed by atoms with Crippen molar-refractivity contribution in [3.05, 3.63) is 10.1 Å². The largest absolute Gasteiger partial charge is 0.377 e. The number of nitrogens with zero attached hydrogens (tertiary/aromatic N) is 1. The summed E-state index contributed by atoms with van der Waals surface area (Å²) in [6.07, 6.45) is 0. The molecule has 0 aromatic carbocycles. The van der Waals surface area contributed by atoms with Gasteiger partial charge in [-0.2, -0.15) is 0 Å². The third kappa shape index (κ3) is 6.47. The molecule has 0 saturated heterocycles. The Kier molecular flexibility index (Phi) is 2.88. The summed E-state index contributed by atoms with van der Waals surface area (Å²) in [4.78, 5) is 13.0. The second-order valence-electron chi connectivity index (χ2n) is 1.16. The van der Waals surface area contributed by atoms with Crippen molar-refractivity contribution in [2.75, 3.05) is 6.73 Å². The van der Waals surface area contributed by atoms with Crippen LogP contribution in [-0.2, 0) is 4.84 Å². The number of nitrogens with two attached hydrogens (primary N) is 2. The molecule has 0 unspecified atom stereocenters. The lowest BCUT2D eigenvalue weighted by Crippen LogP contribution is -2.77. The van der Waals surface area contributed by atoms with Crippen LogP contribution in [0.2, 0.25) is 0 Å². The molecule has 0 radical (unpaired) electrons. The zero-order chi connectivity index (χ0) is 7.28. The van der Waals surface area contributed by atoms with Crippen molar-refractivity contribution in [1.29, 1.82) is 0 Å². The van der Waals surface area contributed by atoms with E-state index in [0.717, 1.165) is 0 Å². The van der Waals surface area contributed by atoms with E-state index in [2.05, 4.69) is 4.84 Å². The SMILES string of the molecule is NC(N)=[NH+]OC[N+](=O)[O-]. The Morgan fingerprint density at radius 3 is 2.67 bits per heavy atom. The minimum Gasteiger partial charge on any atom is -0.290 e. The molecule has 0 bridgehead atoms. The van der Waals surface area contributed by atoms with Gasteiger partial charge in [-0.15, -0.1) is 0 Å². The number of nitrogens with one attached hydrogen (secondary N) is 1. The molecule has 0 heterocycles. The smallest absolute Gasteiger partial charge is 0.290 e.